The van der Waals surface area contributed by atoms with Gasteiger partial charge in [0.2, 0.25) is 0 Å². The van der Waals surface area contributed by atoms with E-state index in [1.54, 1.807) is 0 Å². The number of fused-ring (bicyclic) bond motifs is 6. The number of para-hydroxylation sites is 2. The predicted molar refractivity (Wildman–Crippen MR) is 200 cm³/mol. The summed E-state index contributed by atoms with van der Waals surface area (Å²) < 4.78 is 4.45. The van der Waals surface area contributed by atoms with Crippen molar-refractivity contribution in [2.24, 2.45) is 0 Å². The Bertz CT molecular complexity index is 2960. The molecule has 2 heterocycles. The minimum atomic E-state index is 0.584. The maximum atomic E-state index is 10.4. The van der Waals surface area contributed by atoms with Gasteiger partial charge in [0.1, 0.15) is 0 Å². The standard InChI is InChI=1S/C45H25N5/c46-26-29-15-21-42-38(23-29)36-10-1-3-12-40(36)49(42)35-19-17-31(18-20-35)32-7-5-8-33(25-32)45-34(28-48)9-6-14-44(45)50-41-13-4-2-11-37(41)39-24-30(27-47)16-22-43(39)50/h1-25H. The van der Waals surface area contributed by atoms with Crippen LogP contribution in [0, 0.1) is 34.0 Å². The van der Waals surface area contributed by atoms with Crippen LogP contribution in [0.4, 0.5) is 0 Å². The van der Waals surface area contributed by atoms with Gasteiger partial charge in [-0.05, 0) is 95.6 Å². The topological polar surface area (TPSA) is 81.2 Å². The number of aromatic nitrogens is 2. The van der Waals surface area contributed by atoms with Crippen LogP contribution >= 0.6 is 0 Å². The third-order valence-corrected chi connectivity index (χ3v) is 9.62. The van der Waals surface area contributed by atoms with Crippen LogP contribution in [-0.4, -0.2) is 9.13 Å². The first kappa shape index (κ1) is 28.8. The first-order chi connectivity index (χ1) is 24.7. The Labute approximate surface area is 287 Å². The Hall–Kier alpha value is -7.39. The van der Waals surface area contributed by atoms with Crippen molar-refractivity contribution in [1.29, 1.82) is 15.8 Å². The zero-order valence-electron chi connectivity index (χ0n) is 26.7. The molecule has 2 aromatic heterocycles. The van der Waals surface area contributed by atoms with Crippen LogP contribution in [0.2, 0.25) is 0 Å². The lowest BCUT2D eigenvalue weighted by atomic mass is 9.94. The number of hydrogen-bond donors (Lipinski definition) is 0. The maximum Gasteiger partial charge on any atom is 0.0998 e. The molecule has 0 unspecified atom stereocenters. The Balaban J connectivity index is 1.18. The Morgan fingerprint density at radius 3 is 1.58 bits per heavy atom. The molecule has 0 amide bonds. The molecule has 0 aliphatic carbocycles. The molecule has 5 nitrogen and oxygen atoms in total. The fourth-order valence-electron chi connectivity index (χ4n) is 7.40. The van der Waals surface area contributed by atoms with Crippen LogP contribution in [0.3, 0.4) is 0 Å². The van der Waals surface area contributed by atoms with E-state index in [2.05, 4.69) is 100 Å². The van der Waals surface area contributed by atoms with Crippen LogP contribution in [-0.2, 0) is 0 Å². The predicted octanol–water partition coefficient (Wildman–Crippen LogP) is 10.8. The summed E-state index contributed by atoms with van der Waals surface area (Å²) in [6.45, 7) is 0. The van der Waals surface area contributed by atoms with E-state index in [9.17, 15) is 15.8 Å². The van der Waals surface area contributed by atoms with Gasteiger partial charge in [-0.25, -0.2) is 0 Å². The molecular weight excluding hydrogens is 611 g/mol. The van der Waals surface area contributed by atoms with E-state index >= 15 is 0 Å². The molecule has 0 fully saturated rings. The van der Waals surface area contributed by atoms with Gasteiger partial charge in [-0.2, -0.15) is 15.8 Å². The average Bonchev–Trinajstić information content (AvgIpc) is 3.69. The molecule has 0 aliphatic heterocycles. The van der Waals surface area contributed by atoms with E-state index in [-0.39, 0.29) is 0 Å². The lowest BCUT2D eigenvalue weighted by Gasteiger charge is -2.16. The summed E-state index contributed by atoms with van der Waals surface area (Å²) in [6, 6.07) is 57.9. The summed E-state index contributed by atoms with van der Waals surface area (Å²) in [5.74, 6) is 0. The normalized spacial score (nSPS) is 11.1. The van der Waals surface area contributed by atoms with Crippen molar-refractivity contribution in [3.8, 4) is 51.8 Å². The smallest absolute Gasteiger partial charge is 0.0998 e. The van der Waals surface area contributed by atoms with Crippen molar-refractivity contribution in [2.75, 3.05) is 0 Å². The van der Waals surface area contributed by atoms with Crippen LogP contribution < -0.4 is 0 Å². The van der Waals surface area contributed by atoms with Crippen molar-refractivity contribution >= 4 is 43.6 Å². The van der Waals surface area contributed by atoms with Crippen molar-refractivity contribution < 1.29 is 0 Å². The second-order valence-electron chi connectivity index (χ2n) is 12.3. The van der Waals surface area contributed by atoms with Gasteiger partial charge in [0.05, 0.1) is 62.7 Å². The van der Waals surface area contributed by atoms with Crippen molar-refractivity contribution in [1.82, 2.24) is 9.13 Å². The summed E-state index contributed by atoms with van der Waals surface area (Å²) in [5.41, 5.74) is 11.8. The summed E-state index contributed by atoms with van der Waals surface area (Å²) in [5, 5.41) is 33.7. The average molecular weight is 636 g/mol. The van der Waals surface area contributed by atoms with Crippen molar-refractivity contribution in [3.05, 3.63) is 168 Å². The second-order valence-corrected chi connectivity index (χ2v) is 12.3. The molecule has 7 aromatic carbocycles. The molecule has 9 rings (SSSR count). The fourth-order valence-corrected chi connectivity index (χ4v) is 7.40. The highest BCUT2D eigenvalue weighted by atomic mass is 15.0. The fraction of sp³-hybridized carbons (Fsp3) is 0. The van der Waals surface area contributed by atoms with Gasteiger partial charge in [-0.15, -0.1) is 0 Å². The molecule has 0 bridgehead atoms. The molecule has 0 saturated heterocycles. The first-order valence-electron chi connectivity index (χ1n) is 16.3. The molecule has 0 radical (unpaired) electrons. The third-order valence-electron chi connectivity index (χ3n) is 9.62. The van der Waals surface area contributed by atoms with Crippen molar-refractivity contribution in [2.45, 2.75) is 0 Å². The molecule has 50 heavy (non-hydrogen) atoms. The minimum absolute atomic E-state index is 0.584. The molecule has 0 N–H and O–H groups in total. The highest BCUT2D eigenvalue weighted by Crippen LogP contribution is 2.39. The summed E-state index contributed by atoms with van der Waals surface area (Å²) in [7, 11) is 0. The van der Waals surface area contributed by atoms with E-state index in [0.717, 1.165) is 77.2 Å². The Kier molecular flexibility index (Phi) is 6.56. The van der Waals surface area contributed by atoms with Gasteiger partial charge < -0.3 is 9.13 Å². The highest BCUT2D eigenvalue weighted by Gasteiger charge is 2.19. The van der Waals surface area contributed by atoms with E-state index < -0.39 is 0 Å². The van der Waals surface area contributed by atoms with Crippen LogP contribution in [0.1, 0.15) is 16.7 Å². The highest BCUT2D eigenvalue weighted by molar-refractivity contribution is 6.11. The summed E-state index contributed by atoms with van der Waals surface area (Å²) in [4.78, 5) is 0. The Morgan fingerprint density at radius 1 is 0.380 bits per heavy atom. The van der Waals surface area contributed by atoms with Gasteiger partial charge in [-0.3, -0.25) is 0 Å². The quantitative estimate of drug-likeness (QED) is 0.193. The van der Waals surface area contributed by atoms with E-state index in [1.165, 1.54) is 0 Å². The van der Waals surface area contributed by atoms with E-state index in [1.807, 2.05) is 78.9 Å². The lowest BCUT2D eigenvalue weighted by Crippen LogP contribution is -1.99. The van der Waals surface area contributed by atoms with Crippen LogP contribution in [0.25, 0.3) is 77.2 Å². The summed E-state index contributed by atoms with van der Waals surface area (Å²) >= 11 is 0. The van der Waals surface area contributed by atoms with Gasteiger partial charge in [0.15, 0.2) is 0 Å². The molecule has 0 aliphatic rings. The molecule has 230 valence electrons. The molecule has 0 atom stereocenters. The monoisotopic (exact) mass is 635 g/mol. The molecule has 9 aromatic rings. The maximum absolute atomic E-state index is 10.4. The zero-order chi connectivity index (χ0) is 33.8. The molecule has 0 saturated carbocycles. The van der Waals surface area contributed by atoms with E-state index in [4.69, 9.17) is 0 Å². The molecule has 5 heteroatoms. The minimum Gasteiger partial charge on any atom is -0.309 e. The van der Waals surface area contributed by atoms with E-state index in [0.29, 0.717) is 16.7 Å². The summed E-state index contributed by atoms with van der Waals surface area (Å²) in [6.07, 6.45) is 0. The van der Waals surface area contributed by atoms with Gasteiger partial charge in [0, 0.05) is 32.8 Å². The third kappa shape index (κ3) is 4.38. The molecule has 0 spiro atoms. The van der Waals surface area contributed by atoms with Crippen LogP contribution in [0.15, 0.2) is 152 Å². The van der Waals surface area contributed by atoms with Crippen molar-refractivity contribution in [3.63, 3.8) is 0 Å². The SMILES string of the molecule is N#Cc1ccc2c(c1)c1ccccc1n2-c1ccc(-c2cccc(-c3c(C#N)cccc3-n3c4ccccc4c4cc(C#N)ccc43)c2)cc1. The number of rotatable bonds is 4. The number of hydrogen-bond acceptors (Lipinski definition) is 3. The number of nitriles is 3. The van der Waals surface area contributed by atoms with Crippen LogP contribution in [0.5, 0.6) is 0 Å². The first-order valence-corrected chi connectivity index (χ1v) is 16.3. The zero-order valence-corrected chi connectivity index (χ0v) is 26.7. The number of nitrogens with zero attached hydrogens (tertiary/aromatic N) is 5. The van der Waals surface area contributed by atoms with Gasteiger partial charge in [0.25, 0.3) is 0 Å². The van der Waals surface area contributed by atoms with Gasteiger partial charge in [-0.1, -0.05) is 72.8 Å². The molecular formula is C45H25N5. The number of benzene rings is 7. The Morgan fingerprint density at radius 2 is 0.940 bits per heavy atom. The lowest BCUT2D eigenvalue weighted by molar-refractivity contribution is 1.18. The largest absolute Gasteiger partial charge is 0.309 e. The second kappa shape index (κ2) is 11.4. The van der Waals surface area contributed by atoms with Gasteiger partial charge >= 0.3 is 0 Å².